The highest BCUT2D eigenvalue weighted by molar-refractivity contribution is 14.1. The molecule has 0 aliphatic heterocycles. The third-order valence-corrected chi connectivity index (χ3v) is 3.05. The van der Waals surface area contributed by atoms with Gasteiger partial charge in [-0.1, -0.05) is 6.07 Å². The summed E-state index contributed by atoms with van der Waals surface area (Å²) in [6.07, 6.45) is 0. The smallest absolute Gasteiger partial charge is 0.175 e. The Hall–Kier alpha value is -0.980. The van der Waals surface area contributed by atoms with E-state index in [1.807, 2.05) is 0 Å². The summed E-state index contributed by atoms with van der Waals surface area (Å²) in [5, 5.41) is -0.0705. The third-order valence-electron chi connectivity index (χ3n) is 2.26. The fourth-order valence-corrected chi connectivity index (χ4v) is 2.06. The van der Waals surface area contributed by atoms with Gasteiger partial charge >= 0.3 is 0 Å². The number of hydrogen-bond acceptors (Lipinski definition) is 1. The molecule has 0 atom stereocenters. The summed E-state index contributed by atoms with van der Waals surface area (Å²) < 4.78 is 45.4. The molecule has 0 aliphatic rings. The molecular weight excluding hydrogens is 332 g/mol. The summed E-state index contributed by atoms with van der Waals surface area (Å²) in [7, 11) is 1.27. The summed E-state index contributed by atoms with van der Waals surface area (Å²) in [6.45, 7) is 0. The molecule has 0 N–H and O–H groups in total. The van der Waals surface area contributed by atoms with Crippen molar-refractivity contribution >= 4 is 33.4 Å². The van der Waals surface area contributed by atoms with Gasteiger partial charge in [0.05, 0.1) is 16.1 Å². The Morgan fingerprint density at radius 2 is 1.75 bits per heavy atom. The molecule has 0 aliphatic carbocycles. The fourth-order valence-electron chi connectivity index (χ4n) is 1.49. The first-order chi connectivity index (χ1) is 7.56. The van der Waals surface area contributed by atoms with E-state index in [2.05, 4.69) is 0 Å². The Kier molecular flexibility index (Phi) is 2.96. The van der Waals surface area contributed by atoms with Crippen LogP contribution in [0.2, 0.25) is 0 Å². The van der Waals surface area contributed by atoms with Gasteiger partial charge in [-0.05, 0) is 40.1 Å². The molecular formula is C11H6F3IO. The number of rotatable bonds is 1. The second-order valence-corrected chi connectivity index (χ2v) is 4.33. The van der Waals surface area contributed by atoms with Gasteiger partial charge in [0.15, 0.2) is 23.2 Å². The molecule has 0 spiro atoms. The largest absolute Gasteiger partial charge is 0.494 e. The zero-order chi connectivity index (χ0) is 11.9. The highest BCUT2D eigenvalue weighted by Crippen LogP contribution is 2.31. The zero-order valence-electron chi connectivity index (χ0n) is 8.15. The average Bonchev–Trinajstić information content (AvgIpc) is 2.26. The minimum atomic E-state index is -1.18. The zero-order valence-corrected chi connectivity index (χ0v) is 10.3. The predicted octanol–water partition coefficient (Wildman–Crippen LogP) is 3.87. The van der Waals surface area contributed by atoms with Crippen LogP contribution in [0.15, 0.2) is 18.2 Å². The lowest BCUT2D eigenvalue weighted by Gasteiger charge is -2.07. The van der Waals surface area contributed by atoms with Crippen LogP contribution < -0.4 is 4.74 Å². The van der Waals surface area contributed by atoms with E-state index < -0.39 is 17.5 Å². The van der Waals surface area contributed by atoms with Gasteiger partial charge in [0.2, 0.25) is 0 Å². The van der Waals surface area contributed by atoms with Crippen molar-refractivity contribution in [3.63, 3.8) is 0 Å². The molecule has 0 heterocycles. The van der Waals surface area contributed by atoms with Crippen molar-refractivity contribution in [2.45, 2.75) is 0 Å². The first kappa shape index (κ1) is 11.5. The van der Waals surface area contributed by atoms with Crippen LogP contribution in [0.5, 0.6) is 5.75 Å². The number of halogens is 4. The van der Waals surface area contributed by atoms with Crippen molar-refractivity contribution in [3.8, 4) is 5.75 Å². The lowest BCUT2D eigenvalue weighted by Crippen LogP contribution is -1.96. The van der Waals surface area contributed by atoms with Crippen LogP contribution in [-0.2, 0) is 0 Å². The molecule has 0 saturated carbocycles. The molecule has 0 radical (unpaired) electrons. The van der Waals surface area contributed by atoms with Gasteiger partial charge in [0, 0.05) is 0 Å². The predicted molar refractivity (Wildman–Crippen MR) is 63.1 cm³/mol. The van der Waals surface area contributed by atoms with Gasteiger partial charge in [-0.15, -0.1) is 0 Å². The number of ether oxygens (including phenoxy) is 1. The molecule has 0 fully saturated rings. The Labute approximate surface area is 103 Å². The molecule has 16 heavy (non-hydrogen) atoms. The SMILES string of the molecule is COc1ccc2cc(I)c(F)c(F)c2c1F. The summed E-state index contributed by atoms with van der Waals surface area (Å²) in [5.74, 6) is -3.21. The van der Waals surface area contributed by atoms with Crippen LogP contribution in [-0.4, -0.2) is 7.11 Å². The van der Waals surface area contributed by atoms with Crippen molar-refractivity contribution < 1.29 is 17.9 Å². The lowest BCUT2D eigenvalue weighted by molar-refractivity contribution is 0.388. The van der Waals surface area contributed by atoms with E-state index in [0.717, 1.165) is 0 Å². The molecule has 0 amide bonds. The number of benzene rings is 2. The summed E-state index contributed by atoms with van der Waals surface area (Å²) in [6, 6.07) is 4.25. The number of fused-ring (bicyclic) bond motifs is 1. The van der Waals surface area contributed by atoms with Crippen molar-refractivity contribution in [1.29, 1.82) is 0 Å². The molecule has 84 valence electrons. The maximum atomic E-state index is 13.7. The van der Waals surface area contributed by atoms with Crippen molar-refractivity contribution in [3.05, 3.63) is 39.2 Å². The Morgan fingerprint density at radius 3 is 2.38 bits per heavy atom. The minimum absolute atomic E-state index is 0.105. The second kappa shape index (κ2) is 4.12. The van der Waals surface area contributed by atoms with E-state index in [-0.39, 0.29) is 14.7 Å². The van der Waals surface area contributed by atoms with E-state index in [1.165, 1.54) is 25.3 Å². The van der Waals surface area contributed by atoms with Crippen LogP contribution in [0.1, 0.15) is 0 Å². The van der Waals surface area contributed by atoms with Crippen LogP contribution in [0.4, 0.5) is 13.2 Å². The van der Waals surface area contributed by atoms with E-state index >= 15 is 0 Å². The van der Waals surface area contributed by atoms with Crippen molar-refractivity contribution in [1.82, 2.24) is 0 Å². The van der Waals surface area contributed by atoms with Gasteiger partial charge < -0.3 is 4.74 Å². The third kappa shape index (κ3) is 1.63. The molecule has 0 saturated heterocycles. The minimum Gasteiger partial charge on any atom is -0.494 e. The first-order valence-corrected chi connectivity index (χ1v) is 5.44. The summed E-state index contributed by atoms with van der Waals surface area (Å²) >= 11 is 1.66. The molecule has 2 aromatic carbocycles. The van der Waals surface area contributed by atoms with Crippen molar-refractivity contribution in [2.24, 2.45) is 0 Å². The molecule has 1 nitrogen and oxygen atoms in total. The Balaban J connectivity index is 2.92. The van der Waals surface area contributed by atoms with Crippen LogP contribution in [0, 0.1) is 21.0 Å². The van der Waals surface area contributed by atoms with Gasteiger partial charge in [0.1, 0.15) is 0 Å². The quantitative estimate of drug-likeness (QED) is 0.567. The average molecular weight is 338 g/mol. The number of hydrogen-bond donors (Lipinski definition) is 0. The molecule has 2 rings (SSSR count). The molecule has 0 aromatic heterocycles. The maximum absolute atomic E-state index is 13.7. The maximum Gasteiger partial charge on any atom is 0.175 e. The fraction of sp³-hybridized carbons (Fsp3) is 0.0909. The molecule has 0 bridgehead atoms. The van der Waals surface area contributed by atoms with Gasteiger partial charge in [-0.3, -0.25) is 0 Å². The standard InChI is InChI=1S/C11H6F3IO/c1-16-7-3-2-5-4-6(15)9(12)11(14)8(5)10(7)13/h2-4H,1H3. The van der Waals surface area contributed by atoms with E-state index in [9.17, 15) is 13.2 Å². The van der Waals surface area contributed by atoms with Gasteiger partial charge in [-0.2, -0.15) is 0 Å². The number of methoxy groups -OCH3 is 1. The highest BCUT2D eigenvalue weighted by Gasteiger charge is 2.17. The van der Waals surface area contributed by atoms with Crippen LogP contribution >= 0.6 is 22.6 Å². The Bertz CT molecular complexity index is 569. The van der Waals surface area contributed by atoms with Crippen LogP contribution in [0.3, 0.4) is 0 Å². The van der Waals surface area contributed by atoms with E-state index in [0.29, 0.717) is 5.39 Å². The monoisotopic (exact) mass is 338 g/mol. The van der Waals surface area contributed by atoms with Gasteiger partial charge in [-0.25, -0.2) is 13.2 Å². The van der Waals surface area contributed by atoms with Crippen molar-refractivity contribution in [2.75, 3.05) is 7.11 Å². The molecule has 0 unspecified atom stereocenters. The highest BCUT2D eigenvalue weighted by atomic mass is 127. The normalized spacial score (nSPS) is 10.8. The van der Waals surface area contributed by atoms with Crippen LogP contribution in [0.25, 0.3) is 10.8 Å². The van der Waals surface area contributed by atoms with E-state index in [1.54, 1.807) is 22.6 Å². The molecule has 2 aromatic rings. The Morgan fingerprint density at radius 1 is 1.06 bits per heavy atom. The summed E-state index contributed by atoms with van der Waals surface area (Å²) in [5.41, 5.74) is 0. The van der Waals surface area contributed by atoms with E-state index in [4.69, 9.17) is 4.74 Å². The topological polar surface area (TPSA) is 9.23 Å². The van der Waals surface area contributed by atoms with Gasteiger partial charge in [0.25, 0.3) is 0 Å². The first-order valence-electron chi connectivity index (χ1n) is 4.36. The second-order valence-electron chi connectivity index (χ2n) is 3.17. The molecule has 5 heteroatoms. The lowest BCUT2D eigenvalue weighted by atomic mass is 10.1. The summed E-state index contributed by atoms with van der Waals surface area (Å²) in [4.78, 5) is 0.